The minimum absolute atomic E-state index is 0.0935. The number of hydrogen-bond donors (Lipinski definition) is 0. The molecule has 2 aromatic heterocycles. The minimum Gasteiger partial charge on any atom is -0.377 e. The van der Waals surface area contributed by atoms with Gasteiger partial charge in [-0.3, -0.25) is 0 Å². The molecule has 3 atom stereocenters. The summed E-state index contributed by atoms with van der Waals surface area (Å²) in [6.45, 7) is 11.9. The smallest absolute Gasteiger partial charge is 0.178 e. The number of fused-ring (bicyclic) bond motifs is 2. The molecule has 3 heterocycles. The van der Waals surface area contributed by atoms with E-state index in [-0.39, 0.29) is 10.8 Å². The van der Waals surface area contributed by atoms with Gasteiger partial charge in [0.15, 0.2) is 11.5 Å². The summed E-state index contributed by atoms with van der Waals surface area (Å²) in [5, 5.41) is 13.5. The standard InChI is InChI=1S/C18H27N5O/c1-17(2,3)16-20-19-12-7-8-13(21-23(12)16)22(6)14-11-9-10-24-15(11)18(14,4)5/h7-8,11,14-15H,9-10H2,1-6H3. The Hall–Kier alpha value is -1.69. The van der Waals surface area contributed by atoms with Gasteiger partial charge in [0, 0.05) is 36.4 Å². The van der Waals surface area contributed by atoms with Crippen molar-refractivity contribution in [1.82, 2.24) is 19.8 Å². The molecule has 1 aliphatic carbocycles. The Morgan fingerprint density at radius 3 is 2.71 bits per heavy atom. The summed E-state index contributed by atoms with van der Waals surface area (Å²) < 4.78 is 7.82. The second kappa shape index (κ2) is 4.91. The van der Waals surface area contributed by atoms with Gasteiger partial charge in [-0.15, -0.1) is 15.3 Å². The maximum absolute atomic E-state index is 5.93. The van der Waals surface area contributed by atoms with Crippen LogP contribution in [-0.2, 0) is 10.2 Å². The molecule has 24 heavy (non-hydrogen) atoms. The van der Waals surface area contributed by atoms with E-state index in [1.165, 1.54) is 0 Å². The summed E-state index contributed by atoms with van der Waals surface area (Å²) in [6.07, 6.45) is 1.53. The molecule has 6 heteroatoms. The Labute approximate surface area is 143 Å². The number of nitrogens with zero attached hydrogens (tertiary/aromatic N) is 5. The van der Waals surface area contributed by atoms with Crippen molar-refractivity contribution in [3.8, 4) is 0 Å². The van der Waals surface area contributed by atoms with Gasteiger partial charge in [-0.25, -0.2) is 0 Å². The minimum atomic E-state index is -0.0935. The number of anilines is 1. The molecule has 3 unspecified atom stereocenters. The molecule has 0 spiro atoms. The molecular weight excluding hydrogens is 302 g/mol. The Morgan fingerprint density at radius 1 is 1.25 bits per heavy atom. The maximum Gasteiger partial charge on any atom is 0.178 e. The Balaban J connectivity index is 1.71. The molecule has 1 saturated carbocycles. The van der Waals surface area contributed by atoms with E-state index in [9.17, 15) is 0 Å². The molecule has 1 saturated heterocycles. The fourth-order valence-electron chi connectivity index (χ4n) is 4.66. The third-order valence-corrected chi connectivity index (χ3v) is 5.74. The van der Waals surface area contributed by atoms with Crippen LogP contribution in [0.25, 0.3) is 5.65 Å². The summed E-state index contributed by atoms with van der Waals surface area (Å²) in [5.41, 5.74) is 0.850. The highest BCUT2D eigenvalue weighted by Crippen LogP contribution is 2.54. The Bertz CT molecular complexity index is 775. The summed E-state index contributed by atoms with van der Waals surface area (Å²) in [7, 11) is 2.15. The number of ether oxygens (including phenoxy) is 1. The SMILES string of the molecule is CN(c1ccc2nnc(C(C)(C)C)n2n1)C1C2CCOC2C1(C)C. The van der Waals surface area contributed by atoms with Crippen LogP contribution < -0.4 is 4.90 Å². The van der Waals surface area contributed by atoms with Crippen LogP contribution in [0.4, 0.5) is 5.82 Å². The quantitative estimate of drug-likeness (QED) is 0.848. The summed E-state index contributed by atoms with van der Waals surface area (Å²) in [4.78, 5) is 2.32. The van der Waals surface area contributed by atoms with Gasteiger partial charge in [-0.2, -0.15) is 4.52 Å². The first kappa shape index (κ1) is 15.8. The predicted octanol–water partition coefficient (Wildman–Crippen LogP) is 2.67. The third-order valence-electron chi connectivity index (χ3n) is 5.74. The lowest BCUT2D eigenvalue weighted by Gasteiger charge is -2.58. The first-order valence-corrected chi connectivity index (χ1v) is 8.78. The van der Waals surface area contributed by atoms with Crippen LogP contribution in [-0.4, -0.2) is 45.6 Å². The second-order valence-corrected chi connectivity index (χ2v) is 8.86. The highest BCUT2D eigenvalue weighted by molar-refractivity contribution is 5.48. The molecule has 1 aliphatic heterocycles. The number of aromatic nitrogens is 4. The van der Waals surface area contributed by atoms with Crippen molar-refractivity contribution in [3.63, 3.8) is 0 Å². The zero-order valence-electron chi connectivity index (χ0n) is 15.4. The average molecular weight is 329 g/mol. The predicted molar refractivity (Wildman–Crippen MR) is 93.3 cm³/mol. The van der Waals surface area contributed by atoms with E-state index in [1.807, 2.05) is 10.6 Å². The van der Waals surface area contributed by atoms with Crippen molar-refractivity contribution in [2.75, 3.05) is 18.6 Å². The largest absolute Gasteiger partial charge is 0.377 e. The molecule has 2 fully saturated rings. The van der Waals surface area contributed by atoms with Crippen LogP contribution in [0.3, 0.4) is 0 Å². The van der Waals surface area contributed by atoms with Crippen LogP contribution in [0.15, 0.2) is 12.1 Å². The molecule has 0 radical (unpaired) electrons. The molecule has 0 bridgehead atoms. The van der Waals surface area contributed by atoms with Crippen molar-refractivity contribution in [3.05, 3.63) is 18.0 Å². The van der Waals surface area contributed by atoms with Gasteiger partial charge in [0.05, 0.1) is 6.10 Å². The molecule has 2 aromatic rings. The Kier molecular flexibility index (Phi) is 3.24. The van der Waals surface area contributed by atoms with Crippen LogP contribution in [0, 0.1) is 11.3 Å². The topological polar surface area (TPSA) is 55.6 Å². The fourth-order valence-corrected chi connectivity index (χ4v) is 4.66. The highest BCUT2D eigenvalue weighted by Gasteiger charge is 2.61. The monoisotopic (exact) mass is 329 g/mol. The van der Waals surface area contributed by atoms with Crippen LogP contribution in [0.5, 0.6) is 0 Å². The summed E-state index contributed by atoms with van der Waals surface area (Å²) in [6, 6.07) is 4.51. The van der Waals surface area contributed by atoms with Gasteiger partial charge in [-0.1, -0.05) is 34.6 Å². The lowest BCUT2D eigenvalue weighted by atomic mass is 9.57. The lowest BCUT2D eigenvalue weighted by Crippen LogP contribution is -2.66. The molecule has 2 aliphatic rings. The zero-order chi connectivity index (χ0) is 17.3. The van der Waals surface area contributed by atoms with Gasteiger partial charge < -0.3 is 9.64 Å². The normalized spacial score (nSPS) is 28.7. The van der Waals surface area contributed by atoms with Gasteiger partial charge in [0.25, 0.3) is 0 Å². The van der Waals surface area contributed by atoms with Gasteiger partial charge >= 0.3 is 0 Å². The molecule has 130 valence electrons. The van der Waals surface area contributed by atoms with Gasteiger partial charge in [0.2, 0.25) is 0 Å². The summed E-state index contributed by atoms with van der Waals surface area (Å²) in [5.74, 6) is 2.46. The van der Waals surface area contributed by atoms with Crippen LogP contribution in [0.2, 0.25) is 0 Å². The van der Waals surface area contributed by atoms with Crippen molar-refractivity contribution in [2.45, 2.75) is 58.6 Å². The van der Waals surface area contributed by atoms with Crippen molar-refractivity contribution in [2.24, 2.45) is 11.3 Å². The lowest BCUT2D eigenvalue weighted by molar-refractivity contribution is -0.101. The number of rotatable bonds is 2. The molecule has 0 amide bonds. The van der Waals surface area contributed by atoms with Crippen molar-refractivity contribution < 1.29 is 4.74 Å². The first-order valence-electron chi connectivity index (χ1n) is 8.78. The molecule has 0 aromatic carbocycles. The van der Waals surface area contributed by atoms with Crippen LogP contribution >= 0.6 is 0 Å². The van der Waals surface area contributed by atoms with E-state index in [1.54, 1.807) is 0 Å². The van der Waals surface area contributed by atoms with E-state index in [0.717, 1.165) is 30.3 Å². The summed E-state index contributed by atoms with van der Waals surface area (Å²) >= 11 is 0. The zero-order valence-corrected chi connectivity index (χ0v) is 15.4. The van der Waals surface area contributed by atoms with Gasteiger partial charge in [0.1, 0.15) is 5.82 Å². The molecule has 0 N–H and O–H groups in total. The second-order valence-electron chi connectivity index (χ2n) is 8.86. The van der Waals surface area contributed by atoms with Crippen molar-refractivity contribution in [1.29, 1.82) is 0 Å². The average Bonchev–Trinajstić information content (AvgIpc) is 3.10. The van der Waals surface area contributed by atoms with E-state index < -0.39 is 0 Å². The fraction of sp³-hybridized carbons (Fsp3) is 0.722. The van der Waals surface area contributed by atoms with Crippen molar-refractivity contribution >= 4 is 11.5 Å². The Morgan fingerprint density at radius 2 is 2.00 bits per heavy atom. The van der Waals surface area contributed by atoms with E-state index in [2.05, 4.69) is 62.8 Å². The molecule has 4 rings (SSSR count). The van der Waals surface area contributed by atoms with E-state index in [0.29, 0.717) is 18.1 Å². The molecule has 6 nitrogen and oxygen atoms in total. The van der Waals surface area contributed by atoms with Gasteiger partial charge in [-0.05, 0) is 18.6 Å². The molecular formula is C18H27N5O. The number of hydrogen-bond acceptors (Lipinski definition) is 5. The third kappa shape index (κ3) is 2.08. The maximum atomic E-state index is 5.93. The van der Waals surface area contributed by atoms with E-state index in [4.69, 9.17) is 9.84 Å². The van der Waals surface area contributed by atoms with E-state index >= 15 is 0 Å². The first-order chi connectivity index (χ1) is 11.2. The van der Waals surface area contributed by atoms with Crippen LogP contribution in [0.1, 0.15) is 46.9 Å². The highest BCUT2D eigenvalue weighted by atomic mass is 16.5.